The lowest BCUT2D eigenvalue weighted by atomic mass is 10.1. The number of nitrogens with two attached hydrogens (primary N) is 1. The van der Waals surface area contributed by atoms with Gasteiger partial charge in [0.25, 0.3) is 5.91 Å². The van der Waals surface area contributed by atoms with Crippen LogP contribution in [0.5, 0.6) is 0 Å². The lowest BCUT2D eigenvalue weighted by Crippen LogP contribution is -2.34. The van der Waals surface area contributed by atoms with E-state index in [2.05, 4.69) is 15.6 Å². The molecule has 1 rings (SSSR count). The van der Waals surface area contributed by atoms with Crippen molar-refractivity contribution in [2.45, 2.75) is 13.8 Å². The highest BCUT2D eigenvalue weighted by Gasteiger charge is 2.14. The van der Waals surface area contributed by atoms with Crippen LogP contribution in [0, 0.1) is 13.8 Å². The van der Waals surface area contributed by atoms with E-state index in [1.807, 2.05) is 0 Å². The minimum atomic E-state index is -1.13. The van der Waals surface area contributed by atoms with Crippen LogP contribution in [-0.2, 0) is 9.59 Å². The minimum Gasteiger partial charge on any atom is -0.480 e. The van der Waals surface area contributed by atoms with E-state index in [9.17, 15) is 14.4 Å². The molecule has 0 bridgehead atoms. The zero-order valence-electron chi connectivity index (χ0n) is 11.2. The summed E-state index contributed by atoms with van der Waals surface area (Å²) in [6.07, 6.45) is 0. The standard InChI is InChI=1S/C12H16N4O4/c1-6-3-8(11(12(13)20)7(2)16-6)14-4-9(17)15-5-10(18)19/h3H,4-5H2,1-2H3,(H2,13,20)(H,14,16)(H,15,17)(H,18,19). The monoisotopic (exact) mass is 280 g/mol. The van der Waals surface area contributed by atoms with Gasteiger partial charge in [0.1, 0.15) is 6.54 Å². The molecular formula is C12H16N4O4. The number of carbonyl (C=O) groups is 3. The second kappa shape index (κ2) is 6.50. The van der Waals surface area contributed by atoms with Crippen molar-refractivity contribution in [3.63, 3.8) is 0 Å². The van der Waals surface area contributed by atoms with Gasteiger partial charge in [-0.05, 0) is 19.9 Å². The highest BCUT2D eigenvalue weighted by Crippen LogP contribution is 2.18. The van der Waals surface area contributed by atoms with Gasteiger partial charge in [0.2, 0.25) is 5.91 Å². The lowest BCUT2D eigenvalue weighted by molar-refractivity contribution is -0.137. The number of nitrogens with one attached hydrogen (secondary N) is 2. The largest absolute Gasteiger partial charge is 0.480 e. The van der Waals surface area contributed by atoms with E-state index in [4.69, 9.17) is 10.8 Å². The SMILES string of the molecule is Cc1cc(NCC(=O)NCC(=O)O)c(C(N)=O)c(C)n1. The summed E-state index contributed by atoms with van der Waals surface area (Å²) in [5.41, 5.74) is 7.01. The van der Waals surface area contributed by atoms with Crippen molar-refractivity contribution in [1.82, 2.24) is 10.3 Å². The Morgan fingerprint density at radius 1 is 1.30 bits per heavy atom. The predicted octanol–water partition coefficient (Wildman–Crippen LogP) is -0.590. The first kappa shape index (κ1) is 15.4. The molecule has 0 saturated carbocycles. The number of carbonyl (C=O) groups excluding carboxylic acids is 2. The van der Waals surface area contributed by atoms with Gasteiger partial charge in [0.05, 0.1) is 23.5 Å². The zero-order chi connectivity index (χ0) is 15.3. The molecule has 1 heterocycles. The lowest BCUT2D eigenvalue weighted by Gasteiger charge is -2.12. The number of primary amides is 1. The van der Waals surface area contributed by atoms with E-state index in [-0.39, 0.29) is 12.1 Å². The van der Waals surface area contributed by atoms with Crippen LogP contribution in [-0.4, -0.2) is 41.0 Å². The Kier molecular flexibility index (Phi) is 5.01. The van der Waals surface area contributed by atoms with E-state index in [1.54, 1.807) is 19.9 Å². The van der Waals surface area contributed by atoms with Gasteiger partial charge in [-0.25, -0.2) is 0 Å². The highest BCUT2D eigenvalue weighted by atomic mass is 16.4. The Hall–Kier alpha value is -2.64. The molecule has 0 radical (unpaired) electrons. The first-order valence-electron chi connectivity index (χ1n) is 5.81. The Morgan fingerprint density at radius 2 is 1.95 bits per heavy atom. The number of carboxylic acids is 1. The smallest absolute Gasteiger partial charge is 0.322 e. The fourth-order valence-corrected chi connectivity index (χ4v) is 1.69. The summed E-state index contributed by atoms with van der Waals surface area (Å²) in [5.74, 6) is -2.29. The van der Waals surface area contributed by atoms with Gasteiger partial charge in [-0.15, -0.1) is 0 Å². The van der Waals surface area contributed by atoms with Crippen molar-refractivity contribution in [2.24, 2.45) is 5.73 Å². The number of pyridine rings is 1. The number of anilines is 1. The molecule has 1 aromatic heterocycles. The normalized spacial score (nSPS) is 9.90. The zero-order valence-corrected chi connectivity index (χ0v) is 11.2. The second-order valence-electron chi connectivity index (χ2n) is 4.16. The van der Waals surface area contributed by atoms with Crippen molar-refractivity contribution in [3.05, 3.63) is 23.0 Å². The Balaban J connectivity index is 2.79. The van der Waals surface area contributed by atoms with E-state index in [1.165, 1.54) is 0 Å². The number of nitrogens with zero attached hydrogens (tertiary/aromatic N) is 1. The Labute approximate surface area is 115 Å². The van der Waals surface area contributed by atoms with Crippen molar-refractivity contribution in [1.29, 1.82) is 0 Å². The third-order valence-electron chi connectivity index (χ3n) is 2.45. The summed E-state index contributed by atoms with van der Waals surface area (Å²) in [7, 11) is 0. The predicted molar refractivity (Wildman–Crippen MR) is 71.4 cm³/mol. The molecule has 0 spiro atoms. The van der Waals surface area contributed by atoms with Crippen LogP contribution in [0.1, 0.15) is 21.7 Å². The molecule has 8 heteroatoms. The van der Waals surface area contributed by atoms with Gasteiger partial charge in [0, 0.05) is 5.69 Å². The van der Waals surface area contributed by atoms with Crippen LogP contribution in [0.25, 0.3) is 0 Å². The fraction of sp³-hybridized carbons (Fsp3) is 0.333. The fourth-order valence-electron chi connectivity index (χ4n) is 1.69. The van der Waals surface area contributed by atoms with Crippen molar-refractivity contribution in [3.8, 4) is 0 Å². The van der Waals surface area contributed by atoms with E-state index in [0.29, 0.717) is 17.1 Å². The van der Waals surface area contributed by atoms with E-state index in [0.717, 1.165) is 0 Å². The van der Waals surface area contributed by atoms with Crippen LogP contribution in [0.4, 0.5) is 5.69 Å². The van der Waals surface area contributed by atoms with Crippen LogP contribution in [0.2, 0.25) is 0 Å². The molecule has 0 aromatic carbocycles. The summed E-state index contributed by atoms with van der Waals surface area (Å²) in [5, 5.41) is 13.4. The maximum absolute atomic E-state index is 11.4. The number of aliphatic carboxylic acids is 1. The second-order valence-corrected chi connectivity index (χ2v) is 4.16. The van der Waals surface area contributed by atoms with Crippen LogP contribution >= 0.6 is 0 Å². The molecule has 1 aromatic rings. The van der Waals surface area contributed by atoms with Gasteiger partial charge in [-0.1, -0.05) is 0 Å². The third kappa shape index (κ3) is 4.23. The minimum absolute atomic E-state index is 0.170. The van der Waals surface area contributed by atoms with Gasteiger partial charge in [-0.2, -0.15) is 0 Å². The molecule has 0 unspecified atom stereocenters. The van der Waals surface area contributed by atoms with Crippen molar-refractivity contribution < 1.29 is 19.5 Å². The molecule has 0 aliphatic rings. The molecule has 8 nitrogen and oxygen atoms in total. The molecule has 0 aliphatic carbocycles. The van der Waals surface area contributed by atoms with Crippen molar-refractivity contribution >= 4 is 23.5 Å². The quantitative estimate of drug-likeness (QED) is 0.550. The molecule has 0 atom stereocenters. The van der Waals surface area contributed by atoms with E-state index >= 15 is 0 Å². The first-order chi connectivity index (χ1) is 9.31. The van der Waals surface area contributed by atoms with Crippen LogP contribution in [0.3, 0.4) is 0 Å². The van der Waals surface area contributed by atoms with Gasteiger partial charge < -0.3 is 21.5 Å². The number of amides is 2. The molecule has 0 fully saturated rings. The van der Waals surface area contributed by atoms with Crippen LogP contribution in [0.15, 0.2) is 6.07 Å². The molecule has 0 saturated heterocycles. The maximum Gasteiger partial charge on any atom is 0.322 e. The summed E-state index contributed by atoms with van der Waals surface area (Å²) >= 11 is 0. The summed E-state index contributed by atoms with van der Waals surface area (Å²) in [4.78, 5) is 37.2. The maximum atomic E-state index is 11.4. The summed E-state index contributed by atoms with van der Waals surface area (Å²) in [6, 6.07) is 1.59. The molecule has 5 N–H and O–H groups in total. The number of hydrogen-bond acceptors (Lipinski definition) is 5. The third-order valence-corrected chi connectivity index (χ3v) is 2.45. The molecule has 20 heavy (non-hydrogen) atoms. The van der Waals surface area contributed by atoms with Crippen LogP contribution < -0.4 is 16.4 Å². The molecule has 0 aliphatic heterocycles. The van der Waals surface area contributed by atoms with E-state index < -0.39 is 24.3 Å². The first-order valence-corrected chi connectivity index (χ1v) is 5.81. The summed E-state index contributed by atoms with van der Waals surface area (Å²) in [6.45, 7) is 2.75. The molecule has 108 valence electrons. The number of hydrogen-bond donors (Lipinski definition) is 4. The van der Waals surface area contributed by atoms with Gasteiger partial charge >= 0.3 is 5.97 Å². The Bertz CT molecular complexity index is 557. The highest BCUT2D eigenvalue weighted by molar-refractivity contribution is 6.00. The Morgan fingerprint density at radius 3 is 2.50 bits per heavy atom. The van der Waals surface area contributed by atoms with Gasteiger partial charge in [-0.3, -0.25) is 19.4 Å². The number of aryl methyl sites for hydroxylation is 2. The summed E-state index contributed by atoms with van der Waals surface area (Å²) < 4.78 is 0. The molecular weight excluding hydrogens is 264 g/mol. The van der Waals surface area contributed by atoms with Gasteiger partial charge in [0.15, 0.2) is 0 Å². The number of carboxylic acid groups (broad SMARTS) is 1. The average Bonchev–Trinajstić information content (AvgIpc) is 2.32. The number of rotatable bonds is 6. The topological polar surface area (TPSA) is 134 Å². The number of aromatic nitrogens is 1. The van der Waals surface area contributed by atoms with Crippen molar-refractivity contribution in [2.75, 3.05) is 18.4 Å². The average molecular weight is 280 g/mol. The molecule has 2 amide bonds.